The van der Waals surface area contributed by atoms with Gasteiger partial charge in [-0.2, -0.15) is 0 Å². The quantitative estimate of drug-likeness (QED) is 0.278. The molecule has 0 saturated carbocycles. The summed E-state index contributed by atoms with van der Waals surface area (Å²) in [4.78, 5) is 10.1. The third-order valence-electron chi connectivity index (χ3n) is 4.92. The van der Waals surface area contributed by atoms with Crippen LogP contribution in [0.5, 0.6) is 0 Å². The molecular weight excluding hydrogens is 331 g/mol. The van der Waals surface area contributed by atoms with Gasteiger partial charge in [-0.3, -0.25) is 4.79 Å². The van der Waals surface area contributed by atoms with Gasteiger partial charge in [-0.1, -0.05) is 46.5 Å². The number of unbranched alkanes of at least 4 members (excludes halogenated alkanes) is 4. The largest absolute Gasteiger partial charge is 0.480 e. The molecule has 0 aromatic rings. The van der Waals surface area contributed by atoms with Crippen molar-refractivity contribution in [3.05, 3.63) is 0 Å². The summed E-state index contributed by atoms with van der Waals surface area (Å²) in [7, 11) is -0.527. The van der Waals surface area contributed by atoms with E-state index in [1.807, 2.05) is 0 Å². The fourth-order valence-corrected chi connectivity index (χ4v) is 7.50. The summed E-state index contributed by atoms with van der Waals surface area (Å²) in [6.07, 6.45) is 17.0. The SMILES string of the molecule is CCCC[P+](CC)(CCCC)CCCC.NCCCCC(N)C(=O)O. The smallest absolute Gasteiger partial charge is 0.320 e. The summed E-state index contributed by atoms with van der Waals surface area (Å²) in [6.45, 7) is 10.1. The molecule has 0 fully saturated rings. The second-order valence-corrected chi connectivity index (χ2v) is 11.8. The van der Waals surface area contributed by atoms with Gasteiger partial charge >= 0.3 is 5.97 Å². The van der Waals surface area contributed by atoms with Crippen LogP contribution in [0.3, 0.4) is 0 Å². The van der Waals surface area contributed by atoms with Crippen LogP contribution >= 0.6 is 7.26 Å². The zero-order valence-electron chi connectivity index (χ0n) is 17.4. The molecule has 1 unspecified atom stereocenters. The molecule has 152 valence electrons. The maximum absolute atomic E-state index is 10.1. The Morgan fingerprint density at radius 1 is 0.880 bits per heavy atom. The van der Waals surface area contributed by atoms with E-state index in [1.165, 1.54) is 44.7 Å². The van der Waals surface area contributed by atoms with Crippen LogP contribution in [-0.4, -0.2) is 48.3 Å². The van der Waals surface area contributed by atoms with Crippen molar-refractivity contribution in [3.8, 4) is 0 Å². The second kappa shape index (κ2) is 18.6. The minimum Gasteiger partial charge on any atom is -0.480 e. The number of rotatable bonds is 15. The lowest BCUT2D eigenvalue weighted by atomic mass is 10.1. The van der Waals surface area contributed by atoms with Crippen molar-refractivity contribution in [2.24, 2.45) is 11.5 Å². The Labute approximate surface area is 157 Å². The average Bonchev–Trinajstić information content (AvgIpc) is 2.62. The molecule has 1 atom stereocenters. The van der Waals surface area contributed by atoms with Gasteiger partial charge in [-0.05, 0) is 45.6 Å². The maximum atomic E-state index is 10.1. The molecular formula is C20H46N2O2P+. The standard InChI is InChI=1S/C14H32P.C6H14N2O2/c1-5-9-12-15(8-4,13-10-6-2)14-11-7-3;7-4-2-1-3-5(8)6(9)10/h5-14H2,1-4H3;5H,1-4,7-8H2,(H,9,10)/q+1;. The lowest BCUT2D eigenvalue weighted by molar-refractivity contribution is -0.138. The normalized spacial score (nSPS) is 12.4. The Morgan fingerprint density at radius 2 is 1.32 bits per heavy atom. The van der Waals surface area contributed by atoms with E-state index < -0.39 is 19.3 Å². The molecule has 0 heterocycles. The van der Waals surface area contributed by atoms with Gasteiger partial charge in [0, 0.05) is 7.26 Å². The fraction of sp³-hybridized carbons (Fsp3) is 0.950. The van der Waals surface area contributed by atoms with Gasteiger partial charge in [0.15, 0.2) is 0 Å². The van der Waals surface area contributed by atoms with Gasteiger partial charge in [0.1, 0.15) is 6.04 Å². The molecule has 0 aliphatic carbocycles. The zero-order chi connectivity index (χ0) is 19.6. The first-order valence-electron chi connectivity index (χ1n) is 10.5. The number of carboxylic acids is 1. The van der Waals surface area contributed by atoms with Crippen LogP contribution in [-0.2, 0) is 4.79 Å². The maximum Gasteiger partial charge on any atom is 0.320 e. The molecule has 4 nitrogen and oxygen atoms in total. The first-order chi connectivity index (χ1) is 11.9. The fourth-order valence-electron chi connectivity index (χ4n) is 2.92. The van der Waals surface area contributed by atoms with Crippen LogP contribution in [0.25, 0.3) is 0 Å². The van der Waals surface area contributed by atoms with Crippen LogP contribution in [0, 0.1) is 0 Å². The van der Waals surface area contributed by atoms with Crippen LogP contribution < -0.4 is 11.5 Å². The van der Waals surface area contributed by atoms with Gasteiger partial charge < -0.3 is 16.6 Å². The predicted molar refractivity (Wildman–Crippen MR) is 115 cm³/mol. The van der Waals surface area contributed by atoms with E-state index in [9.17, 15) is 4.79 Å². The van der Waals surface area contributed by atoms with E-state index in [1.54, 1.807) is 18.5 Å². The molecule has 0 saturated heterocycles. The molecule has 0 spiro atoms. The first kappa shape index (κ1) is 27.0. The summed E-state index contributed by atoms with van der Waals surface area (Å²) in [5.74, 6) is -0.933. The monoisotopic (exact) mass is 377 g/mol. The van der Waals surface area contributed by atoms with E-state index in [-0.39, 0.29) is 0 Å². The zero-order valence-corrected chi connectivity index (χ0v) is 18.3. The topological polar surface area (TPSA) is 89.3 Å². The highest BCUT2D eigenvalue weighted by molar-refractivity contribution is 7.75. The Kier molecular flexibility index (Phi) is 20.1. The molecule has 0 aliphatic heterocycles. The van der Waals surface area contributed by atoms with Gasteiger partial charge in [-0.25, -0.2) is 0 Å². The number of carbonyl (C=O) groups is 1. The van der Waals surface area contributed by atoms with E-state index in [0.29, 0.717) is 13.0 Å². The highest BCUT2D eigenvalue weighted by Gasteiger charge is 2.32. The first-order valence-corrected chi connectivity index (χ1v) is 13.0. The van der Waals surface area contributed by atoms with E-state index in [0.717, 1.165) is 12.8 Å². The van der Waals surface area contributed by atoms with Crippen molar-refractivity contribution in [1.29, 1.82) is 0 Å². The average molecular weight is 378 g/mol. The van der Waals surface area contributed by atoms with Gasteiger partial charge in [-0.15, -0.1) is 0 Å². The highest BCUT2D eigenvalue weighted by atomic mass is 31.2. The van der Waals surface area contributed by atoms with Crippen molar-refractivity contribution >= 4 is 13.2 Å². The Bertz CT molecular complexity index is 280. The molecule has 0 bridgehead atoms. The molecule has 0 radical (unpaired) electrons. The summed E-state index contributed by atoms with van der Waals surface area (Å²) < 4.78 is 0. The summed E-state index contributed by atoms with van der Waals surface area (Å²) in [5.41, 5.74) is 10.4. The second-order valence-electron chi connectivity index (χ2n) is 7.12. The Hall–Kier alpha value is -0.180. The lowest BCUT2D eigenvalue weighted by Gasteiger charge is -2.26. The summed E-state index contributed by atoms with van der Waals surface area (Å²) in [6, 6.07) is -0.716. The third-order valence-corrected chi connectivity index (χ3v) is 10.1. The molecule has 0 aromatic carbocycles. The number of carboxylic acid groups (broad SMARTS) is 1. The Morgan fingerprint density at radius 3 is 1.60 bits per heavy atom. The predicted octanol–water partition coefficient (Wildman–Crippen LogP) is 4.95. The lowest BCUT2D eigenvalue weighted by Crippen LogP contribution is -2.29. The van der Waals surface area contributed by atoms with Gasteiger partial charge in [0.05, 0.1) is 24.6 Å². The summed E-state index contributed by atoms with van der Waals surface area (Å²) >= 11 is 0. The van der Waals surface area contributed by atoms with Gasteiger partial charge in [0.2, 0.25) is 0 Å². The molecule has 0 amide bonds. The molecule has 0 aromatic heterocycles. The number of hydrogen-bond acceptors (Lipinski definition) is 3. The highest BCUT2D eigenvalue weighted by Crippen LogP contribution is 2.60. The van der Waals surface area contributed by atoms with Crippen molar-refractivity contribution in [2.75, 3.05) is 31.2 Å². The number of aliphatic carboxylic acids is 1. The van der Waals surface area contributed by atoms with E-state index in [2.05, 4.69) is 27.7 Å². The molecule has 0 aliphatic rings. The van der Waals surface area contributed by atoms with Crippen LogP contribution in [0.2, 0.25) is 0 Å². The minimum absolute atomic E-state index is 0.520. The molecule has 0 rings (SSSR count). The molecule has 25 heavy (non-hydrogen) atoms. The number of hydrogen-bond donors (Lipinski definition) is 3. The Balaban J connectivity index is 0. The van der Waals surface area contributed by atoms with Crippen molar-refractivity contribution < 1.29 is 9.90 Å². The van der Waals surface area contributed by atoms with Crippen LogP contribution in [0.4, 0.5) is 0 Å². The molecule has 5 N–H and O–H groups in total. The van der Waals surface area contributed by atoms with Crippen LogP contribution in [0.15, 0.2) is 0 Å². The molecule has 5 heteroatoms. The number of nitrogens with two attached hydrogens (primary N) is 2. The van der Waals surface area contributed by atoms with E-state index in [4.69, 9.17) is 16.6 Å². The van der Waals surface area contributed by atoms with Crippen molar-refractivity contribution in [1.82, 2.24) is 0 Å². The van der Waals surface area contributed by atoms with Crippen molar-refractivity contribution in [3.63, 3.8) is 0 Å². The van der Waals surface area contributed by atoms with E-state index >= 15 is 0 Å². The van der Waals surface area contributed by atoms with Crippen LogP contribution in [0.1, 0.15) is 85.5 Å². The third kappa shape index (κ3) is 15.8. The van der Waals surface area contributed by atoms with Gasteiger partial charge in [0.25, 0.3) is 0 Å². The van der Waals surface area contributed by atoms with Crippen molar-refractivity contribution in [2.45, 2.75) is 91.5 Å². The minimum atomic E-state index is -0.933. The summed E-state index contributed by atoms with van der Waals surface area (Å²) in [5, 5.41) is 8.33.